The first-order valence-electron chi connectivity index (χ1n) is 9.95. The summed E-state index contributed by atoms with van der Waals surface area (Å²) in [6.45, 7) is 3.69. The Bertz CT molecular complexity index is 1320. The lowest BCUT2D eigenvalue weighted by molar-refractivity contribution is -0.120. The second-order valence-corrected chi connectivity index (χ2v) is 8.29. The molecule has 1 N–H and O–H groups in total. The number of carbonyl (C=O) groups is 3. The molecule has 6 nitrogen and oxygen atoms in total. The zero-order valence-electron chi connectivity index (χ0n) is 17.7. The van der Waals surface area contributed by atoms with E-state index >= 15 is 0 Å². The Labute approximate surface area is 200 Å². The number of hydrogen-bond acceptors (Lipinski definition) is 5. The van der Waals surface area contributed by atoms with Crippen LogP contribution in [0, 0.1) is 13.8 Å². The summed E-state index contributed by atoms with van der Waals surface area (Å²) in [7, 11) is 0. The van der Waals surface area contributed by atoms with E-state index in [-0.39, 0.29) is 10.7 Å². The van der Waals surface area contributed by atoms with Gasteiger partial charge in [0.05, 0.1) is 11.3 Å². The van der Waals surface area contributed by atoms with Gasteiger partial charge in [0.2, 0.25) is 0 Å². The van der Waals surface area contributed by atoms with Gasteiger partial charge in [0.25, 0.3) is 11.8 Å². The molecule has 0 fully saturated rings. The molecular formula is C25H18Cl2N2O4. The maximum Gasteiger partial charge on any atom is 0.343 e. The smallest absolute Gasteiger partial charge is 0.343 e. The van der Waals surface area contributed by atoms with E-state index in [1.54, 1.807) is 36.4 Å². The number of aryl methyl sites for hydroxylation is 2. The number of rotatable bonds is 5. The number of ether oxygens (including phenoxy) is 1. The van der Waals surface area contributed by atoms with Crippen LogP contribution in [-0.4, -0.2) is 17.8 Å². The quantitative estimate of drug-likeness (QED) is 0.291. The van der Waals surface area contributed by atoms with Gasteiger partial charge in [-0.05, 0) is 73.5 Å². The minimum absolute atomic E-state index is 0.0307. The number of halogens is 2. The molecule has 4 rings (SSSR count). The number of benzene rings is 3. The first-order valence-corrected chi connectivity index (χ1v) is 10.7. The van der Waals surface area contributed by atoms with E-state index in [1.165, 1.54) is 18.2 Å². The van der Waals surface area contributed by atoms with Crippen molar-refractivity contribution >= 4 is 52.4 Å². The molecule has 0 radical (unpaired) electrons. The molecule has 1 heterocycles. The molecule has 0 bridgehead atoms. The first kappa shape index (κ1) is 22.6. The summed E-state index contributed by atoms with van der Waals surface area (Å²) in [5.41, 5.74) is 2.92. The Kier molecular flexibility index (Phi) is 6.22. The van der Waals surface area contributed by atoms with Crippen LogP contribution < -0.4 is 15.0 Å². The molecule has 1 aliphatic rings. The highest BCUT2D eigenvalue weighted by molar-refractivity contribution is 6.53. The van der Waals surface area contributed by atoms with Crippen LogP contribution in [0.1, 0.15) is 21.5 Å². The van der Waals surface area contributed by atoms with Crippen LogP contribution >= 0.6 is 23.2 Å². The van der Waals surface area contributed by atoms with E-state index < -0.39 is 17.8 Å². The van der Waals surface area contributed by atoms with Gasteiger partial charge in [0.1, 0.15) is 16.5 Å². The van der Waals surface area contributed by atoms with Crippen LogP contribution in [0.2, 0.25) is 5.02 Å². The van der Waals surface area contributed by atoms with Crippen LogP contribution in [0.5, 0.6) is 5.75 Å². The minimum Gasteiger partial charge on any atom is -0.423 e. The van der Waals surface area contributed by atoms with Gasteiger partial charge in [0.15, 0.2) is 0 Å². The average molecular weight is 481 g/mol. The van der Waals surface area contributed by atoms with Crippen molar-refractivity contribution in [3.05, 3.63) is 99.2 Å². The SMILES string of the molecule is Cc1ccc(C)c(N2C(=O)C(Cl)=C(Nc3ccc(C(=O)Oc4cccc(Cl)c4)cc3)C2=O)c1. The fourth-order valence-corrected chi connectivity index (χ4v) is 3.71. The van der Waals surface area contributed by atoms with Gasteiger partial charge >= 0.3 is 5.97 Å². The van der Waals surface area contributed by atoms with E-state index in [0.29, 0.717) is 27.7 Å². The maximum absolute atomic E-state index is 13.0. The molecule has 0 saturated carbocycles. The number of hydrogen-bond donors (Lipinski definition) is 1. The zero-order chi connectivity index (χ0) is 23.7. The zero-order valence-corrected chi connectivity index (χ0v) is 19.2. The third kappa shape index (κ3) is 4.62. The van der Waals surface area contributed by atoms with Crippen molar-refractivity contribution in [3.8, 4) is 5.75 Å². The number of anilines is 2. The first-order chi connectivity index (χ1) is 15.7. The number of esters is 1. The van der Waals surface area contributed by atoms with E-state index in [9.17, 15) is 14.4 Å². The summed E-state index contributed by atoms with van der Waals surface area (Å²) in [5.74, 6) is -1.38. The van der Waals surface area contributed by atoms with E-state index in [2.05, 4.69) is 5.32 Å². The monoisotopic (exact) mass is 480 g/mol. The molecule has 0 unspecified atom stereocenters. The summed E-state index contributed by atoms with van der Waals surface area (Å²) in [6.07, 6.45) is 0. The van der Waals surface area contributed by atoms with E-state index in [4.69, 9.17) is 27.9 Å². The summed E-state index contributed by atoms with van der Waals surface area (Å²) in [4.78, 5) is 39.2. The second-order valence-electron chi connectivity index (χ2n) is 7.47. The van der Waals surface area contributed by atoms with Crippen molar-refractivity contribution in [2.24, 2.45) is 0 Å². The number of nitrogens with zero attached hydrogens (tertiary/aromatic N) is 1. The van der Waals surface area contributed by atoms with Crippen molar-refractivity contribution in [2.75, 3.05) is 10.2 Å². The highest BCUT2D eigenvalue weighted by atomic mass is 35.5. The van der Waals surface area contributed by atoms with Gasteiger partial charge in [-0.15, -0.1) is 0 Å². The van der Waals surface area contributed by atoms with Gasteiger partial charge in [-0.2, -0.15) is 0 Å². The molecule has 2 amide bonds. The lowest BCUT2D eigenvalue weighted by atomic mass is 10.1. The molecule has 0 aliphatic carbocycles. The molecule has 0 atom stereocenters. The molecule has 8 heteroatoms. The predicted octanol–water partition coefficient (Wildman–Crippen LogP) is 5.61. The van der Waals surface area contributed by atoms with Crippen molar-refractivity contribution in [2.45, 2.75) is 13.8 Å². The molecule has 0 saturated heterocycles. The van der Waals surface area contributed by atoms with Crippen molar-refractivity contribution in [3.63, 3.8) is 0 Å². The molecule has 33 heavy (non-hydrogen) atoms. The second kappa shape index (κ2) is 9.10. The van der Waals surface area contributed by atoms with Gasteiger partial charge < -0.3 is 10.1 Å². The lowest BCUT2D eigenvalue weighted by Gasteiger charge is -2.18. The Hall–Kier alpha value is -3.61. The minimum atomic E-state index is -0.598. The maximum atomic E-state index is 13.0. The Balaban J connectivity index is 1.50. The van der Waals surface area contributed by atoms with Crippen molar-refractivity contribution < 1.29 is 19.1 Å². The largest absolute Gasteiger partial charge is 0.423 e. The molecule has 0 aromatic heterocycles. The number of nitrogens with one attached hydrogen (secondary N) is 1. The molecule has 1 aliphatic heterocycles. The van der Waals surface area contributed by atoms with Gasteiger partial charge in [0, 0.05) is 10.7 Å². The third-order valence-corrected chi connectivity index (χ3v) is 5.62. The number of carbonyl (C=O) groups excluding carboxylic acids is 3. The standard InChI is InChI=1S/C25H18Cl2N2O4/c1-14-6-7-15(2)20(12-14)29-23(30)21(27)22(24(29)31)28-18-10-8-16(9-11-18)25(32)33-19-5-3-4-17(26)13-19/h3-13,28H,1-2H3. The molecule has 0 spiro atoms. The van der Waals surface area contributed by atoms with Crippen LogP contribution in [0.25, 0.3) is 0 Å². The topological polar surface area (TPSA) is 75.7 Å². The van der Waals surface area contributed by atoms with E-state index in [1.807, 2.05) is 26.0 Å². The van der Waals surface area contributed by atoms with Crippen LogP contribution in [-0.2, 0) is 9.59 Å². The van der Waals surface area contributed by atoms with Crippen molar-refractivity contribution in [1.82, 2.24) is 0 Å². The third-order valence-electron chi connectivity index (χ3n) is 5.03. The highest BCUT2D eigenvalue weighted by Gasteiger charge is 2.39. The highest BCUT2D eigenvalue weighted by Crippen LogP contribution is 2.32. The predicted molar refractivity (Wildman–Crippen MR) is 128 cm³/mol. The molecule has 3 aromatic rings. The summed E-state index contributed by atoms with van der Waals surface area (Å²) in [5, 5.41) is 3.14. The summed E-state index contributed by atoms with van der Waals surface area (Å²) < 4.78 is 5.31. The fourth-order valence-electron chi connectivity index (χ4n) is 3.32. The lowest BCUT2D eigenvalue weighted by Crippen LogP contribution is -2.32. The summed E-state index contributed by atoms with van der Waals surface area (Å²) in [6, 6.07) is 18.3. The van der Waals surface area contributed by atoms with Crippen LogP contribution in [0.15, 0.2) is 77.5 Å². The van der Waals surface area contributed by atoms with Gasteiger partial charge in [-0.25, -0.2) is 9.69 Å². The Morgan fingerprint density at radius 2 is 1.64 bits per heavy atom. The number of amides is 2. The number of imide groups is 1. The molecular weight excluding hydrogens is 463 g/mol. The average Bonchev–Trinajstić information content (AvgIpc) is 2.99. The normalized spacial score (nSPS) is 13.5. The fraction of sp³-hybridized carbons (Fsp3) is 0.0800. The van der Waals surface area contributed by atoms with Gasteiger partial charge in [-0.1, -0.05) is 41.4 Å². The molecule has 3 aromatic carbocycles. The Morgan fingerprint density at radius 1 is 0.909 bits per heavy atom. The van der Waals surface area contributed by atoms with Crippen molar-refractivity contribution in [1.29, 1.82) is 0 Å². The van der Waals surface area contributed by atoms with Crippen LogP contribution in [0.3, 0.4) is 0 Å². The molecule has 166 valence electrons. The van der Waals surface area contributed by atoms with E-state index in [0.717, 1.165) is 16.0 Å². The van der Waals surface area contributed by atoms with Gasteiger partial charge in [-0.3, -0.25) is 9.59 Å². The van der Waals surface area contributed by atoms with Crippen LogP contribution in [0.4, 0.5) is 11.4 Å². The Morgan fingerprint density at radius 3 is 2.33 bits per heavy atom. The summed E-state index contributed by atoms with van der Waals surface area (Å²) >= 11 is 12.1.